The maximum absolute atomic E-state index is 5.97. The van der Waals surface area contributed by atoms with Crippen molar-refractivity contribution in [2.45, 2.75) is 26.8 Å². The van der Waals surface area contributed by atoms with E-state index < -0.39 is 0 Å². The number of nitrogens with two attached hydrogens (primary N) is 1. The molecule has 0 unspecified atom stereocenters. The van der Waals surface area contributed by atoms with Crippen molar-refractivity contribution in [3.05, 3.63) is 53.3 Å². The summed E-state index contributed by atoms with van der Waals surface area (Å²) in [6, 6.07) is 10.4. The molecule has 2 heterocycles. The van der Waals surface area contributed by atoms with Gasteiger partial charge in [0.1, 0.15) is 5.82 Å². The van der Waals surface area contributed by atoms with Crippen LogP contribution in [0.15, 0.2) is 36.5 Å². The first-order valence-electron chi connectivity index (χ1n) is 6.84. The van der Waals surface area contributed by atoms with Crippen molar-refractivity contribution in [1.82, 2.24) is 14.8 Å². The van der Waals surface area contributed by atoms with Gasteiger partial charge in [-0.25, -0.2) is 4.98 Å². The fourth-order valence-corrected chi connectivity index (χ4v) is 2.53. The molecule has 0 atom stereocenters. The molecular formula is C16H18N4. The molecule has 0 spiro atoms. The van der Waals surface area contributed by atoms with Gasteiger partial charge in [-0.2, -0.15) is 5.10 Å². The fraction of sp³-hybridized carbons (Fsp3) is 0.250. The lowest BCUT2D eigenvalue weighted by Crippen LogP contribution is -2.01. The first-order valence-corrected chi connectivity index (χ1v) is 6.84. The largest absolute Gasteiger partial charge is 0.383 e. The van der Waals surface area contributed by atoms with Gasteiger partial charge in [0.25, 0.3) is 0 Å². The minimum atomic E-state index is 0.589. The van der Waals surface area contributed by atoms with E-state index >= 15 is 0 Å². The standard InChI is InChI=1S/C16H18N4/c1-3-20-15-7-5-4-6-13(15)14(19-20)9-12-8-11(2)10-18-16(12)17/h4-8,10H,3,9H2,1-2H3,(H2,17,18). The normalized spacial score (nSPS) is 11.1. The van der Waals surface area contributed by atoms with E-state index in [1.165, 1.54) is 10.9 Å². The number of benzene rings is 1. The van der Waals surface area contributed by atoms with Gasteiger partial charge in [0.05, 0.1) is 11.2 Å². The van der Waals surface area contributed by atoms with Gasteiger partial charge in [-0.1, -0.05) is 24.3 Å². The first kappa shape index (κ1) is 12.7. The molecule has 4 heteroatoms. The topological polar surface area (TPSA) is 56.7 Å². The maximum Gasteiger partial charge on any atom is 0.126 e. The third-order valence-electron chi connectivity index (χ3n) is 3.53. The first-order chi connectivity index (χ1) is 9.69. The highest BCUT2D eigenvalue weighted by Crippen LogP contribution is 2.23. The number of anilines is 1. The molecule has 0 amide bonds. The Morgan fingerprint density at radius 3 is 2.85 bits per heavy atom. The monoisotopic (exact) mass is 266 g/mol. The smallest absolute Gasteiger partial charge is 0.126 e. The van der Waals surface area contributed by atoms with E-state index in [0.717, 1.165) is 23.4 Å². The molecule has 0 aliphatic heterocycles. The summed E-state index contributed by atoms with van der Waals surface area (Å²) in [7, 11) is 0. The molecule has 3 aromatic rings. The van der Waals surface area contributed by atoms with Crippen molar-refractivity contribution in [3.8, 4) is 0 Å². The van der Waals surface area contributed by atoms with Crippen molar-refractivity contribution in [1.29, 1.82) is 0 Å². The number of pyridine rings is 1. The van der Waals surface area contributed by atoms with Crippen LogP contribution in [0.3, 0.4) is 0 Å². The molecule has 0 saturated heterocycles. The third kappa shape index (κ3) is 2.13. The quantitative estimate of drug-likeness (QED) is 0.793. The van der Waals surface area contributed by atoms with Crippen LogP contribution in [0, 0.1) is 6.92 Å². The number of hydrogen-bond donors (Lipinski definition) is 1. The summed E-state index contributed by atoms with van der Waals surface area (Å²) in [6.07, 6.45) is 2.51. The zero-order chi connectivity index (χ0) is 14.1. The Balaban J connectivity index is 2.09. The summed E-state index contributed by atoms with van der Waals surface area (Å²) >= 11 is 0. The lowest BCUT2D eigenvalue weighted by atomic mass is 10.1. The van der Waals surface area contributed by atoms with E-state index in [0.29, 0.717) is 12.2 Å². The van der Waals surface area contributed by atoms with Crippen molar-refractivity contribution < 1.29 is 0 Å². The molecule has 1 aromatic carbocycles. The van der Waals surface area contributed by atoms with Crippen molar-refractivity contribution in [3.63, 3.8) is 0 Å². The Labute approximate surface area is 118 Å². The predicted molar refractivity (Wildman–Crippen MR) is 81.6 cm³/mol. The summed E-state index contributed by atoms with van der Waals surface area (Å²) in [5.74, 6) is 0.589. The van der Waals surface area contributed by atoms with Gasteiger partial charge in [-0.15, -0.1) is 0 Å². The lowest BCUT2D eigenvalue weighted by molar-refractivity contribution is 0.672. The minimum absolute atomic E-state index is 0.589. The van der Waals surface area contributed by atoms with E-state index in [-0.39, 0.29) is 0 Å². The molecular weight excluding hydrogens is 248 g/mol. The van der Waals surface area contributed by atoms with Gasteiger partial charge >= 0.3 is 0 Å². The highest BCUT2D eigenvalue weighted by molar-refractivity contribution is 5.82. The summed E-state index contributed by atoms with van der Waals surface area (Å²) < 4.78 is 2.03. The molecule has 2 aromatic heterocycles. The Kier molecular flexibility index (Phi) is 3.14. The number of fused-ring (bicyclic) bond motifs is 1. The second-order valence-corrected chi connectivity index (χ2v) is 5.01. The number of aryl methyl sites for hydroxylation is 2. The van der Waals surface area contributed by atoms with Crippen LogP contribution in [0.4, 0.5) is 5.82 Å². The molecule has 0 saturated carbocycles. The second kappa shape index (κ2) is 4.96. The number of para-hydroxylation sites is 1. The highest BCUT2D eigenvalue weighted by atomic mass is 15.3. The number of nitrogens with zero attached hydrogens (tertiary/aromatic N) is 3. The summed E-state index contributed by atoms with van der Waals surface area (Å²) in [6.45, 7) is 4.99. The van der Waals surface area contributed by atoms with Crippen LogP contribution >= 0.6 is 0 Å². The van der Waals surface area contributed by atoms with Gasteiger partial charge < -0.3 is 5.73 Å². The molecule has 2 N–H and O–H groups in total. The van der Waals surface area contributed by atoms with Crippen LogP contribution in [0.5, 0.6) is 0 Å². The number of nitrogen functional groups attached to an aromatic ring is 1. The molecule has 0 aliphatic carbocycles. The van der Waals surface area contributed by atoms with Gasteiger partial charge in [-0.05, 0) is 25.5 Å². The molecule has 20 heavy (non-hydrogen) atoms. The minimum Gasteiger partial charge on any atom is -0.383 e. The van der Waals surface area contributed by atoms with Crippen molar-refractivity contribution >= 4 is 16.7 Å². The number of rotatable bonds is 3. The van der Waals surface area contributed by atoms with Crippen LogP contribution in [0.1, 0.15) is 23.7 Å². The molecule has 102 valence electrons. The summed E-state index contributed by atoms with van der Waals surface area (Å²) in [4.78, 5) is 4.23. The molecule has 4 nitrogen and oxygen atoms in total. The maximum atomic E-state index is 5.97. The van der Waals surface area contributed by atoms with Gasteiger partial charge in [-0.3, -0.25) is 4.68 Å². The molecule has 3 rings (SSSR count). The number of hydrogen-bond acceptors (Lipinski definition) is 3. The van der Waals surface area contributed by atoms with Gasteiger partial charge in [0.15, 0.2) is 0 Å². The van der Waals surface area contributed by atoms with Gasteiger partial charge in [0, 0.05) is 30.1 Å². The van der Waals surface area contributed by atoms with Crippen molar-refractivity contribution in [2.75, 3.05) is 5.73 Å². The molecule has 0 fully saturated rings. The Bertz CT molecular complexity index is 758. The van der Waals surface area contributed by atoms with Crippen LogP contribution in [0.2, 0.25) is 0 Å². The molecule has 0 bridgehead atoms. The highest BCUT2D eigenvalue weighted by Gasteiger charge is 2.11. The van der Waals surface area contributed by atoms with Gasteiger partial charge in [0.2, 0.25) is 0 Å². The SMILES string of the molecule is CCn1nc(Cc2cc(C)cnc2N)c2ccccc21. The van der Waals surface area contributed by atoms with Crippen LogP contribution in [0.25, 0.3) is 10.9 Å². The second-order valence-electron chi connectivity index (χ2n) is 5.01. The Morgan fingerprint density at radius 2 is 2.05 bits per heavy atom. The predicted octanol–water partition coefficient (Wildman–Crippen LogP) is 2.93. The number of aromatic nitrogens is 3. The summed E-state index contributed by atoms with van der Waals surface area (Å²) in [5.41, 5.74) is 10.4. The van der Waals surface area contributed by atoms with Crippen LogP contribution < -0.4 is 5.73 Å². The van der Waals surface area contributed by atoms with Crippen LogP contribution in [-0.4, -0.2) is 14.8 Å². The summed E-state index contributed by atoms with van der Waals surface area (Å²) in [5, 5.41) is 5.90. The van der Waals surface area contributed by atoms with E-state index in [9.17, 15) is 0 Å². The van der Waals surface area contributed by atoms with Crippen LogP contribution in [-0.2, 0) is 13.0 Å². The molecule has 0 aliphatic rings. The zero-order valence-electron chi connectivity index (χ0n) is 11.8. The zero-order valence-corrected chi connectivity index (χ0v) is 11.8. The van der Waals surface area contributed by atoms with Crippen molar-refractivity contribution in [2.24, 2.45) is 0 Å². The third-order valence-corrected chi connectivity index (χ3v) is 3.53. The lowest BCUT2D eigenvalue weighted by Gasteiger charge is -2.04. The van der Waals surface area contributed by atoms with E-state index in [1.54, 1.807) is 6.20 Å². The Morgan fingerprint density at radius 1 is 1.25 bits per heavy atom. The molecule has 0 radical (unpaired) electrons. The van der Waals surface area contributed by atoms with E-state index in [1.807, 2.05) is 23.7 Å². The fourth-order valence-electron chi connectivity index (χ4n) is 2.53. The van der Waals surface area contributed by atoms with E-state index in [2.05, 4.69) is 30.1 Å². The average Bonchev–Trinajstić information content (AvgIpc) is 2.81. The Hall–Kier alpha value is -2.36. The average molecular weight is 266 g/mol. The van der Waals surface area contributed by atoms with E-state index in [4.69, 9.17) is 10.8 Å².